The van der Waals surface area contributed by atoms with Crippen molar-refractivity contribution in [3.63, 3.8) is 0 Å². The van der Waals surface area contributed by atoms with Gasteiger partial charge in [0.15, 0.2) is 5.78 Å². The highest BCUT2D eigenvalue weighted by Gasteiger charge is 2.46. The minimum Gasteiger partial charge on any atom is -0.508 e. The van der Waals surface area contributed by atoms with Crippen LogP contribution in [0.25, 0.3) is 0 Å². The van der Waals surface area contributed by atoms with Gasteiger partial charge in [0.25, 0.3) is 0 Å². The van der Waals surface area contributed by atoms with E-state index in [1.54, 1.807) is 12.1 Å². The summed E-state index contributed by atoms with van der Waals surface area (Å²) < 4.78 is 16.7. The molecule has 1 saturated heterocycles. The van der Waals surface area contributed by atoms with Gasteiger partial charge in [-0.2, -0.15) is 0 Å². The Kier molecular flexibility index (Phi) is 18.1. The molecule has 0 bridgehead atoms. The summed E-state index contributed by atoms with van der Waals surface area (Å²) in [5, 5.41) is 61.7. The third-order valence-corrected chi connectivity index (χ3v) is 8.88. The summed E-state index contributed by atoms with van der Waals surface area (Å²) in [6, 6.07) is 8.31. The largest absolute Gasteiger partial charge is 0.508 e. The van der Waals surface area contributed by atoms with Crippen LogP contribution in [0.2, 0.25) is 0 Å². The Morgan fingerprint density at radius 1 is 0.740 bits per heavy atom. The molecule has 1 fully saturated rings. The Balaban J connectivity index is 1.41. The second-order valence-electron chi connectivity index (χ2n) is 13.1. The third-order valence-electron chi connectivity index (χ3n) is 8.88. The Morgan fingerprint density at radius 2 is 1.36 bits per heavy atom. The minimum absolute atomic E-state index is 0.0653. The Morgan fingerprint density at radius 3 is 2.02 bits per heavy atom. The predicted octanol–water partition coefficient (Wildman–Crippen LogP) is 6.39. The third kappa shape index (κ3) is 13.9. The summed E-state index contributed by atoms with van der Waals surface area (Å²) in [6.07, 6.45) is 11.7. The maximum absolute atomic E-state index is 13.1. The number of unbranched alkanes of at least 4 members (excludes halogenated alkanes) is 11. The van der Waals surface area contributed by atoms with Gasteiger partial charge in [0.05, 0.1) is 0 Å². The number of ketones is 1. The summed E-state index contributed by atoms with van der Waals surface area (Å²) in [7, 11) is 0. The molecule has 6 N–H and O–H groups in total. The first-order valence-electron chi connectivity index (χ1n) is 18.1. The summed E-state index contributed by atoms with van der Waals surface area (Å²) >= 11 is 0. The number of carbonyl (C=O) groups excluding carboxylic acids is 2. The summed E-state index contributed by atoms with van der Waals surface area (Å²) in [6.45, 7) is 1.81. The molecule has 2 aromatic carbocycles. The van der Waals surface area contributed by atoms with Crippen LogP contribution in [0.1, 0.15) is 119 Å². The summed E-state index contributed by atoms with van der Waals surface area (Å²) in [5.74, 6) is -2.27. The molecule has 0 saturated carbocycles. The number of aromatic hydroxyl groups is 3. The molecule has 1 aliphatic rings. The number of hydrogen-bond acceptors (Lipinski definition) is 11. The van der Waals surface area contributed by atoms with Crippen LogP contribution in [0.5, 0.6) is 23.0 Å². The van der Waals surface area contributed by atoms with Crippen LogP contribution in [0.3, 0.4) is 0 Å². The second kappa shape index (κ2) is 22.2. The molecule has 2 aromatic rings. The maximum Gasteiger partial charge on any atom is 0.305 e. The molecule has 11 heteroatoms. The molecule has 50 heavy (non-hydrogen) atoms. The van der Waals surface area contributed by atoms with Gasteiger partial charge in [-0.05, 0) is 56.2 Å². The lowest BCUT2D eigenvalue weighted by Gasteiger charge is -2.40. The fraction of sp³-hybridized carbons (Fsp3) is 0.590. The van der Waals surface area contributed by atoms with Crippen molar-refractivity contribution in [2.24, 2.45) is 0 Å². The van der Waals surface area contributed by atoms with Gasteiger partial charge >= 0.3 is 5.97 Å². The summed E-state index contributed by atoms with van der Waals surface area (Å²) in [4.78, 5) is 25.5. The van der Waals surface area contributed by atoms with E-state index in [9.17, 15) is 40.2 Å². The fourth-order valence-corrected chi connectivity index (χ4v) is 5.87. The van der Waals surface area contributed by atoms with Crippen LogP contribution in [0, 0.1) is 0 Å². The summed E-state index contributed by atoms with van der Waals surface area (Å²) in [5.41, 5.74) is 0.482. The number of phenols is 3. The number of aryl methyl sites for hydroxylation is 1. The zero-order chi connectivity index (χ0) is 36.3. The Bertz CT molecular complexity index is 1330. The quantitative estimate of drug-likeness (QED) is 0.0327. The van der Waals surface area contributed by atoms with Gasteiger partial charge in [-0.15, -0.1) is 0 Å². The van der Waals surface area contributed by atoms with Gasteiger partial charge < -0.3 is 44.8 Å². The Hall–Kier alpha value is -3.64. The van der Waals surface area contributed by atoms with Crippen molar-refractivity contribution in [2.75, 3.05) is 6.61 Å². The predicted molar refractivity (Wildman–Crippen MR) is 188 cm³/mol. The van der Waals surface area contributed by atoms with Gasteiger partial charge in [-0.3, -0.25) is 9.59 Å². The molecule has 5 atom stereocenters. The molecule has 1 aliphatic heterocycles. The molecular weight excluding hydrogens is 644 g/mol. The van der Waals surface area contributed by atoms with Crippen LogP contribution < -0.4 is 4.74 Å². The molecule has 0 amide bonds. The van der Waals surface area contributed by atoms with E-state index in [1.165, 1.54) is 50.7 Å². The zero-order valence-electron chi connectivity index (χ0n) is 29.3. The van der Waals surface area contributed by atoms with Gasteiger partial charge in [-0.1, -0.05) is 82.6 Å². The first-order valence-corrected chi connectivity index (χ1v) is 18.1. The average molecular weight is 701 g/mol. The fourth-order valence-electron chi connectivity index (χ4n) is 5.87. The molecule has 0 aromatic heterocycles. The van der Waals surface area contributed by atoms with Crippen molar-refractivity contribution < 1.29 is 54.4 Å². The lowest BCUT2D eigenvalue weighted by atomic mass is 9.98. The van der Waals surface area contributed by atoms with E-state index in [4.69, 9.17) is 14.2 Å². The molecular formula is C39H56O11. The van der Waals surface area contributed by atoms with Crippen molar-refractivity contribution in [1.29, 1.82) is 0 Å². The molecule has 11 nitrogen and oxygen atoms in total. The number of ether oxygens (including phenoxy) is 3. The molecule has 278 valence electrons. The minimum atomic E-state index is -1.78. The van der Waals surface area contributed by atoms with Crippen LogP contribution in [0.15, 0.2) is 48.6 Å². The normalized spacial score (nSPS) is 20.6. The van der Waals surface area contributed by atoms with E-state index in [2.05, 4.69) is 19.1 Å². The topological polar surface area (TPSA) is 183 Å². The van der Waals surface area contributed by atoms with Crippen molar-refractivity contribution in [3.05, 3.63) is 59.7 Å². The van der Waals surface area contributed by atoms with Gasteiger partial charge in [0, 0.05) is 25.0 Å². The Labute approximate surface area is 295 Å². The lowest BCUT2D eigenvalue weighted by molar-refractivity contribution is -0.278. The lowest BCUT2D eigenvalue weighted by Crippen LogP contribution is -2.60. The molecule has 0 aliphatic carbocycles. The molecule has 0 spiro atoms. The number of carbonyl (C=O) groups is 2. The zero-order valence-corrected chi connectivity index (χ0v) is 29.3. The first kappa shape index (κ1) is 40.8. The SMILES string of the molecule is CCCCCCCC/C=C\CCCCCCCC(=O)OC[C@H]1O[C@@H](Oc2cc(O)cc(O)c2C(=O)CCc2ccc(O)cc2)[C@H](O)[C@@H](O)[C@@H]1O. The second-order valence-corrected chi connectivity index (χ2v) is 13.1. The van der Waals surface area contributed by atoms with E-state index >= 15 is 0 Å². The van der Waals surface area contributed by atoms with Crippen LogP contribution in [-0.4, -0.2) is 79.7 Å². The van der Waals surface area contributed by atoms with Crippen LogP contribution in [0.4, 0.5) is 0 Å². The van der Waals surface area contributed by atoms with E-state index in [0.29, 0.717) is 6.42 Å². The van der Waals surface area contributed by atoms with Gasteiger partial charge in [0.2, 0.25) is 6.29 Å². The van der Waals surface area contributed by atoms with Crippen LogP contribution in [-0.2, 0) is 20.7 Å². The van der Waals surface area contributed by atoms with E-state index < -0.39 is 60.6 Å². The monoisotopic (exact) mass is 700 g/mol. The number of esters is 1. The standard InChI is InChI=1S/C39H56O11/c1-2-3-4-5-6-7-8-9-10-11-12-13-14-15-16-17-34(44)48-26-33-36(45)37(46)38(47)39(50-33)49-32-25-29(41)24-31(43)35(32)30(42)23-20-27-18-21-28(40)22-19-27/h9-10,18-19,21-22,24-25,33,36-41,43,45-47H,2-8,11-17,20,23,26H2,1H3/b10-9-/t33-,36-,37+,38-,39-/m1/s1. The number of Topliss-reactive ketones (excluding diaryl/α,β-unsaturated/α-hetero) is 1. The van der Waals surface area contributed by atoms with Crippen LogP contribution >= 0.6 is 0 Å². The number of phenolic OH excluding ortho intramolecular Hbond substituents is 3. The first-order chi connectivity index (χ1) is 24.1. The molecule has 3 rings (SSSR count). The number of benzene rings is 2. The van der Waals surface area contributed by atoms with Crippen molar-refractivity contribution in [2.45, 2.75) is 140 Å². The maximum atomic E-state index is 13.1. The van der Waals surface area contributed by atoms with E-state index in [1.807, 2.05) is 0 Å². The number of hydrogen-bond donors (Lipinski definition) is 6. The highest BCUT2D eigenvalue weighted by molar-refractivity contribution is 6.01. The highest BCUT2D eigenvalue weighted by Crippen LogP contribution is 2.36. The average Bonchev–Trinajstić information content (AvgIpc) is 3.09. The number of allylic oxidation sites excluding steroid dienone is 2. The van der Waals surface area contributed by atoms with E-state index in [0.717, 1.165) is 56.2 Å². The molecule has 0 unspecified atom stereocenters. The smallest absolute Gasteiger partial charge is 0.305 e. The van der Waals surface area contributed by atoms with Crippen molar-refractivity contribution in [3.8, 4) is 23.0 Å². The number of rotatable bonds is 23. The molecule has 0 radical (unpaired) electrons. The van der Waals surface area contributed by atoms with Gasteiger partial charge in [0.1, 0.15) is 59.6 Å². The molecule has 1 heterocycles. The number of aliphatic hydroxyl groups excluding tert-OH is 3. The van der Waals surface area contributed by atoms with Crippen molar-refractivity contribution in [1.82, 2.24) is 0 Å². The van der Waals surface area contributed by atoms with E-state index in [-0.39, 0.29) is 36.3 Å². The number of aliphatic hydroxyl groups is 3. The highest BCUT2D eigenvalue weighted by atomic mass is 16.7. The van der Waals surface area contributed by atoms with Gasteiger partial charge in [-0.25, -0.2) is 0 Å². The van der Waals surface area contributed by atoms with Crippen molar-refractivity contribution >= 4 is 11.8 Å².